The molecule has 0 aromatic carbocycles. The Balaban J connectivity index is 1.52. The fraction of sp³-hybridized carbons (Fsp3) is 0.476. The Morgan fingerprint density at radius 3 is 2.66 bits per heavy atom. The van der Waals surface area contributed by atoms with Gasteiger partial charge in [0.1, 0.15) is 12.3 Å². The van der Waals surface area contributed by atoms with E-state index in [2.05, 4.69) is 0 Å². The molecule has 2 fully saturated rings. The zero-order chi connectivity index (χ0) is 20.0. The molecule has 2 bridgehead atoms. The number of rotatable bonds is 2. The average molecular weight is 413 g/mol. The quantitative estimate of drug-likeness (QED) is 0.751. The molecular formula is C21H23N3O4S. The third kappa shape index (κ3) is 3.19. The monoisotopic (exact) mass is 413 g/mol. The highest BCUT2D eigenvalue weighted by Crippen LogP contribution is 2.42. The van der Waals surface area contributed by atoms with E-state index in [9.17, 15) is 14.4 Å². The second-order valence-corrected chi connectivity index (χ2v) is 9.18. The number of piperidine rings is 1. The molecule has 29 heavy (non-hydrogen) atoms. The van der Waals surface area contributed by atoms with E-state index in [0.29, 0.717) is 31.7 Å². The lowest BCUT2D eigenvalue weighted by molar-refractivity contribution is -0.137. The van der Waals surface area contributed by atoms with Gasteiger partial charge < -0.3 is 14.2 Å². The Morgan fingerprint density at radius 1 is 1.07 bits per heavy atom. The molecule has 7 nitrogen and oxygen atoms in total. The van der Waals surface area contributed by atoms with Crippen LogP contribution in [-0.4, -0.2) is 63.9 Å². The number of likely N-dealkylation sites (tertiary alicyclic amines) is 1. The summed E-state index contributed by atoms with van der Waals surface area (Å²) >= 11 is 1.85. The molecule has 0 radical (unpaired) electrons. The third-order valence-corrected chi connectivity index (χ3v) is 7.22. The van der Waals surface area contributed by atoms with Gasteiger partial charge in [-0.3, -0.25) is 19.0 Å². The molecule has 8 heteroatoms. The Bertz CT molecular complexity index is 980. The molecule has 3 aliphatic rings. The molecule has 2 saturated heterocycles. The minimum atomic E-state index is -0.544. The fourth-order valence-corrected chi connectivity index (χ4v) is 5.86. The van der Waals surface area contributed by atoms with Gasteiger partial charge in [-0.05, 0) is 18.6 Å². The van der Waals surface area contributed by atoms with Crippen LogP contribution < -0.4 is 5.56 Å². The standard InChI is InChI=1S/C21H23N3O4S/c25-18-3-1-2-17-15-10-16(12-23(11-15)20(26)14-4-7-28-13-14)19(24(17)18)21(27)22-5-8-29-9-6-22/h1-4,7,13,15-16,19H,5-6,8-12H2/t15-,16+,19+/m0/s1. The number of fused-ring (bicyclic) bond motifs is 4. The maximum atomic E-state index is 13.5. The van der Waals surface area contributed by atoms with Crippen LogP contribution in [0.1, 0.15) is 34.4 Å². The van der Waals surface area contributed by atoms with E-state index in [1.165, 1.54) is 18.6 Å². The van der Waals surface area contributed by atoms with E-state index in [1.54, 1.807) is 16.7 Å². The lowest BCUT2D eigenvalue weighted by Crippen LogP contribution is -2.55. The number of amides is 2. The van der Waals surface area contributed by atoms with Crippen LogP contribution in [0.15, 0.2) is 46.0 Å². The SMILES string of the molecule is O=C(c1ccoc1)N1C[C@@H]2C[C@H](C1)[C@H](C(=O)N1CCSCC1)n1c2cccc1=O. The summed E-state index contributed by atoms with van der Waals surface area (Å²) in [6.45, 7) is 2.45. The van der Waals surface area contributed by atoms with Crippen molar-refractivity contribution in [2.24, 2.45) is 5.92 Å². The fourth-order valence-electron chi connectivity index (χ4n) is 4.96. The van der Waals surface area contributed by atoms with Crippen molar-refractivity contribution in [3.8, 4) is 0 Å². The predicted molar refractivity (Wildman–Crippen MR) is 109 cm³/mol. The lowest BCUT2D eigenvalue weighted by Gasteiger charge is -2.47. The van der Waals surface area contributed by atoms with E-state index in [-0.39, 0.29) is 29.2 Å². The molecular weight excluding hydrogens is 390 g/mol. The van der Waals surface area contributed by atoms with Crippen molar-refractivity contribution in [3.63, 3.8) is 0 Å². The highest BCUT2D eigenvalue weighted by Gasteiger charge is 2.46. The van der Waals surface area contributed by atoms with Gasteiger partial charge in [0.15, 0.2) is 0 Å². The molecule has 3 aliphatic heterocycles. The van der Waals surface area contributed by atoms with E-state index in [0.717, 1.165) is 23.6 Å². The number of carbonyl (C=O) groups is 2. The number of furan rings is 1. The number of hydrogen-bond donors (Lipinski definition) is 0. The second-order valence-electron chi connectivity index (χ2n) is 7.96. The van der Waals surface area contributed by atoms with Crippen LogP contribution in [0.4, 0.5) is 0 Å². The molecule has 5 heterocycles. The predicted octanol–water partition coefficient (Wildman–Crippen LogP) is 1.82. The van der Waals surface area contributed by atoms with Crippen LogP contribution in [0.25, 0.3) is 0 Å². The van der Waals surface area contributed by atoms with Crippen LogP contribution in [0.2, 0.25) is 0 Å². The number of pyridine rings is 1. The molecule has 2 aromatic heterocycles. The Morgan fingerprint density at radius 2 is 1.90 bits per heavy atom. The maximum absolute atomic E-state index is 13.5. The van der Waals surface area contributed by atoms with Crippen LogP contribution in [0.3, 0.4) is 0 Å². The first-order valence-corrected chi connectivity index (χ1v) is 11.2. The van der Waals surface area contributed by atoms with Crippen LogP contribution >= 0.6 is 11.8 Å². The van der Waals surface area contributed by atoms with Crippen molar-refractivity contribution < 1.29 is 14.0 Å². The summed E-state index contributed by atoms with van der Waals surface area (Å²) in [4.78, 5) is 43.0. The van der Waals surface area contributed by atoms with Gasteiger partial charge in [-0.2, -0.15) is 11.8 Å². The van der Waals surface area contributed by atoms with E-state index < -0.39 is 6.04 Å². The molecule has 0 N–H and O–H groups in total. The number of nitrogens with zero attached hydrogens (tertiary/aromatic N) is 3. The van der Waals surface area contributed by atoms with Gasteiger partial charge in [0.2, 0.25) is 5.91 Å². The largest absolute Gasteiger partial charge is 0.472 e. The smallest absolute Gasteiger partial charge is 0.257 e. The molecule has 2 aromatic rings. The summed E-state index contributed by atoms with van der Waals surface area (Å²) in [5.41, 5.74) is 1.26. The van der Waals surface area contributed by atoms with Gasteiger partial charge in [0.05, 0.1) is 11.8 Å². The minimum Gasteiger partial charge on any atom is -0.472 e. The lowest BCUT2D eigenvalue weighted by atomic mass is 9.77. The first-order valence-electron chi connectivity index (χ1n) is 10.0. The zero-order valence-electron chi connectivity index (χ0n) is 16.0. The second kappa shape index (κ2) is 7.40. The summed E-state index contributed by atoms with van der Waals surface area (Å²) < 4.78 is 6.79. The Hall–Kier alpha value is -2.48. The van der Waals surface area contributed by atoms with Gasteiger partial charge in [-0.1, -0.05) is 6.07 Å². The molecule has 2 amide bonds. The van der Waals surface area contributed by atoms with E-state index in [1.807, 2.05) is 27.6 Å². The molecule has 3 atom stereocenters. The summed E-state index contributed by atoms with van der Waals surface area (Å²) in [5.74, 6) is 1.77. The average Bonchev–Trinajstić information content (AvgIpc) is 3.29. The first-order chi connectivity index (χ1) is 14.1. The van der Waals surface area contributed by atoms with Crippen LogP contribution in [0.5, 0.6) is 0 Å². The van der Waals surface area contributed by atoms with Gasteiger partial charge in [0, 0.05) is 61.3 Å². The Kier molecular flexibility index (Phi) is 4.73. The van der Waals surface area contributed by atoms with Crippen molar-refractivity contribution in [1.29, 1.82) is 0 Å². The van der Waals surface area contributed by atoms with E-state index >= 15 is 0 Å². The van der Waals surface area contributed by atoms with Crippen molar-refractivity contribution in [2.45, 2.75) is 18.4 Å². The summed E-state index contributed by atoms with van der Waals surface area (Å²) in [7, 11) is 0. The Labute approximate surface area is 172 Å². The highest BCUT2D eigenvalue weighted by molar-refractivity contribution is 7.99. The molecule has 0 aliphatic carbocycles. The van der Waals surface area contributed by atoms with Gasteiger partial charge >= 0.3 is 0 Å². The van der Waals surface area contributed by atoms with Gasteiger partial charge in [-0.15, -0.1) is 0 Å². The topological polar surface area (TPSA) is 75.8 Å². The van der Waals surface area contributed by atoms with Crippen molar-refractivity contribution >= 4 is 23.6 Å². The van der Waals surface area contributed by atoms with Crippen molar-refractivity contribution in [3.05, 3.63) is 58.4 Å². The van der Waals surface area contributed by atoms with Crippen molar-refractivity contribution in [1.82, 2.24) is 14.4 Å². The highest BCUT2D eigenvalue weighted by atomic mass is 32.2. The van der Waals surface area contributed by atoms with E-state index in [4.69, 9.17) is 4.42 Å². The first kappa shape index (κ1) is 18.5. The molecule has 0 saturated carbocycles. The number of carbonyl (C=O) groups excluding carboxylic acids is 2. The van der Waals surface area contributed by atoms with Gasteiger partial charge in [-0.25, -0.2) is 0 Å². The third-order valence-electron chi connectivity index (χ3n) is 6.28. The summed E-state index contributed by atoms with van der Waals surface area (Å²) in [6.07, 6.45) is 3.77. The van der Waals surface area contributed by atoms with Crippen LogP contribution in [-0.2, 0) is 4.79 Å². The zero-order valence-corrected chi connectivity index (χ0v) is 16.8. The number of aromatic nitrogens is 1. The molecule has 5 rings (SSSR count). The molecule has 0 unspecified atom stereocenters. The summed E-state index contributed by atoms with van der Waals surface area (Å²) in [6, 6.07) is 6.34. The normalized spacial score (nSPS) is 26.1. The van der Waals surface area contributed by atoms with Crippen LogP contribution in [0, 0.1) is 5.92 Å². The summed E-state index contributed by atoms with van der Waals surface area (Å²) in [5, 5.41) is 0. The number of hydrogen-bond acceptors (Lipinski definition) is 5. The van der Waals surface area contributed by atoms with Gasteiger partial charge in [0.25, 0.3) is 11.5 Å². The number of thioether (sulfide) groups is 1. The minimum absolute atomic E-state index is 0.0147. The van der Waals surface area contributed by atoms with Crippen molar-refractivity contribution in [2.75, 3.05) is 37.7 Å². The molecule has 152 valence electrons. The maximum Gasteiger partial charge on any atom is 0.257 e. The molecule has 0 spiro atoms.